The van der Waals surface area contributed by atoms with E-state index >= 15 is 0 Å². The molecule has 0 bridgehead atoms. The third-order valence-corrected chi connectivity index (χ3v) is 6.33. The average molecular weight is 415 g/mol. The first-order chi connectivity index (χ1) is 13.6. The molecule has 28 heavy (non-hydrogen) atoms. The van der Waals surface area contributed by atoms with Crippen LogP contribution in [-0.2, 0) is 4.79 Å². The second kappa shape index (κ2) is 8.20. The topological polar surface area (TPSA) is 58.6 Å². The first-order valence-electron chi connectivity index (χ1n) is 9.11. The predicted octanol–water partition coefficient (Wildman–Crippen LogP) is 4.81. The van der Waals surface area contributed by atoms with E-state index in [1.54, 1.807) is 24.3 Å². The molecule has 0 unspecified atom stereocenters. The van der Waals surface area contributed by atoms with Gasteiger partial charge in [0.2, 0.25) is 0 Å². The van der Waals surface area contributed by atoms with E-state index in [9.17, 15) is 9.59 Å². The molecule has 0 spiro atoms. The van der Waals surface area contributed by atoms with E-state index in [1.807, 2.05) is 29.2 Å². The van der Waals surface area contributed by atoms with Gasteiger partial charge in [0.15, 0.2) is 6.61 Å². The SMILES string of the molecule is O=C(Nc1cccc(OCC(=O)N2CCCC2)c1)c1sc2ccccc2c1Cl. The van der Waals surface area contributed by atoms with Crippen LogP contribution in [0.15, 0.2) is 48.5 Å². The van der Waals surface area contributed by atoms with Gasteiger partial charge in [0.1, 0.15) is 10.6 Å². The molecule has 4 rings (SSSR count). The zero-order chi connectivity index (χ0) is 19.5. The van der Waals surface area contributed by atoms with E-state index in [2.05, 4.69) is 5.32 Å². The summed E-state index contributed by atoms with van der Waals surface area (Å²) in [4.78, 5) is 27.1. The number of carbonyl (C=O) groups excluding carboxylic acids is 2. The predicted molar refractivity (Wildman–Crippen MR) is 113 cm³/mol. The zero-order valence-corrected chi connectivity index (χ0v) is 16.7. The number of nitrogens with zero attached hydrogens (tertiary/aromatic N) is 1. The molecule has 1 aromatic heterocycles. The van der Waals surface area contributed by atoms with Crippen LogP contribution in [0.5, 0.6) is 5.75 Å². The van der Waals surface area contributed by atoms with Crippen LogP contribution in [0.25, 0.3) is 10.1 Å². The molecule has 1 fully saturated rings. The zero-order valence-electron chi connectivity index (χ0n) is 15.1. The molecule has 7 heteroatoms. The van der Waals surface area contributed by atoms with Crippen molar-refractivity contribution in [2.75, 3.05) is 25.0 Å². The van der Waals surface area contributed by atoms with Crippen LogP contribution >= 0.6 is 22.9 Å². The van der Waals surface area contributed by atoms with Crippen molar-refractivity contribution >= 4 is 50.5 Å². The number of hydrogen-bond acceptors (Lipinski definition) is 4. The van der Waals surface area contributed by atoms with Crippen molar-refractivity contribution in [1.82, 2.24) is 4.90 Å². The number of nitrogens with one attached hydrogen (secondary N) is 1. The van der Waals surface area contributed by atoms with Crippen molar-refractivity contribution in [3.8, 4) is 5.75 Å². The van der Waals surface area contributed by atoms with Crippen molar-refractivity contribution in [3.05, 3.63) is 58.4 Å². The summed E-state index contributed by atoms with van der Waals surface area (Å²) in [6, 6.07) is 14.7. The maximum atomic E-state index is 12.7. The molecule has 0 radical (unpaired) electrons. The first kappa shape index (κ1) is 18.8. The second-order valence-corrected chi connectivity index (χ2v) is 8.03. The fourth-order valence-electron chi connectivity index (χ4n) is 3.21. The lowest BCUT2D eigenvalue weighted by atomic mass is 10.2. The Morgan fingerprint density at radius 2 is 1.89 bits per heavy atom. The Morgan fingerprint density at radius 3 is 2.68 bits per heavy atom. The third-order valence-electron chi connectivity index (χ3n) is 4.65. The molecule has 144 valence electrons. The Balaban J connectivity index is 1.43. The summed E-state index contributed by atoms with van der Waals surface area (Å²) < 4.78 is 6.58. The third kappa shape index (κ3) is 3.98. The molecule has 2 amide bonds. The van der Waals surface area contributed by atoms with E-state index in [-0.39, 0.29) is 18.4 Å². The lowest BCUT2D eigenvalue weighted by Gasteiger charge is -2.15. The minimum atomic E-state index is -0.267. The maximum absolute atomic E-state index is 12.7. The molecular weight excluding hydrogens is 396 g/mol. The summed E-state index contributed by atoms with van der Waals surface area (Å²) in [5, 5.41) is 4.19. The molecule has 2 heterocycles. The Morgan fingerprint density at radius 1 is 1.11 bits per heavy atom. The Kier molecular flexibility index (Phi) is 5.50. The van der Waals surface area contributed by atoms with Crippen LogP contribution in [0.1, 0.15) is 22.5 Å². The van der Waals surface area contributed by atoms with Gasteiger partial charge in [-0.2, -0.15) is 0 Å². The molecular formula is C21H19ClN2O3S. The largest absolute Gasteiger partial charge is 0.484 e. The number of thiophene rings is 1. The number of anilines is 1. The van der Waals surface area contributed by atoms with Gasteiger partial charge in [-0.05, 0) is 31.0 Å². The normalized spacial score (nSPS) is 13.7. The number of benzene rings is 2. The highest BCUT2D eigenvalue weighted by Crippen LogP contribution is 2.35. The molecule has 5 nitrogen and oxygen atoms in total. The maximum Gasteiger partial charge on any atom is 0.267 e. The highest BCUT2D eigenvalue weighted by molar-refractivity contribution is 7.21. The molecule has 3 aromatic rings. The van der Waals surface area contributed by atoms with E-state index in [1.165, 1.54) is 11.3 Å². The smallest absolute Gasteiger partial charge is 0.267 e. The summed E-state index contributed by atoms with van der Waals surface area (Å²) in [6.07, 6.45) is 2.10. The van der Waals surface area contributed by atoms with Crippen molar-refractivity contribution in [2.45, 2.75) is 12.8 Å². The number of ether oxygens (including phenoxy) is 1. The minimum Gasteiger partial charge on any atom is -0.484 e. The lowest BCUT2D eigenvalue weighted by Crippen LogP contribution is -2.32. The van der Waals surface area contributed by atoms with Crippen molar-refractivity contribution < 1.29 is 14.3 Å². The Bertz CT molecular complexity index is 1030. The van der Waals surface area contributed by atoms with Crippen molar-refractivity contribution in [1.29, 1.82) is 0 Å². The van der Waals surface area contributed by atoms with Crippen LogP contribution in [0, 0.1) is 0 Å². The van der Waals surface area contributed by atoms with Crippen molar-refractivity contribution in [2.24, 2.45) is 0 Å². The molecule has 1 saturated heterocycles. The van der Waals surface area contributed by atoms with Gasteiger partial charge in [-0.25, -0.2) is 0 Å². The number of likely N-dealkylation sites (tertiary alicyclic amines) is 1. The van der Waals surface area contributed by atoms with Crippen LogP contribution in [0.4, 0.5) is 5.69 Å². The number of hydrogen-bond donors (Lipinski definition) is 1. The monoisotopic (exact) mass is 414 g/mol. The molecule has 0 saturated carbocycles. The summed E-state index contributed by atoms with van der Waals surface area (Å²) >= 11 is 7.74. The fourth-order valence-corrected chi connectivity index (χ4v) is 4.63. The van der Waals surface area contributed by atoms with Crippen LogP contribution in [-0.4, -0.2) is 36.4 Å². The van der Waals surface area contributed by atoms with E-state index < -0.39 is 0 Å². The average Bonchev–Trinajstić information content (AvgIpc) is 3.35. The van der Waals surface area contributed by atoms with Crippen LogP contribution < -0.4 is 10.1 Å². The van der Waals surface area contributed by atoms with Gasteiger partial charge in [0.05, 0.1) is 5.02 Å². The molecule has 0 aliphatic carbocycles. The molecule has 1 aliphatic rings. The second-order valence-electron chi connectivity index (χ2n) is 6.60. The summed E-state index contributed by atoms with van der Waals surface area (Å²) in [5.74, 6) is 0.258. The van der Waals surface area contributed by atoms with Gasteiger partial charge in [0, 0.05) is 34.9 Å². The van der Waals surface area contributed by atoms with Gasteiger partial charge in [-0.1, -0.05) is 35.9 Å². The van der Waals surface area contributed by atoms with Crippen LogP contribution in [0.2, 0.25) is 5.02 Å². The molecule has 1 aliphatic heterocycles. The highest BCUT2D eigenvalue weighted by atomic mass is 35.5. The summed E-state index contributed by atoms with van der Waals surface area (Å²) in [7, 11) is 0. The van der Waals surface area contributed by atoms with Gasteiger partial charge >= 0.3 is 0 Å². The highest BCUT2D eigenvalue weighted by Gasteiger charge is 2.19. The quantitative estimate of drug-likeness (QED) is 0.651. The van der Waals surface area contributed by atoms with Crippen LogP contribution in [0.3, 0.4) is 0 Å². The Hall–Kier alpha value is -2.57. The van der Waals surface area contributed by atoms with E-state index in [4.69, 9.17) is 16.3 Å². The van der Waals surface area contributed by atoms with Gasteiger partial charge in [-0.3, -0.25) is 9.59 Å². The molecule has 0 atom stereocenters. The van der Waals surface area contributed by atoms with E-state index in [0.717, 1.165) is 36.0 Å². The van der Waals surface area contributed by atoms with Gasteiger partial charge < -0.3 is 15.0 Å². The summed E-state index contributed by atoms with van der Waals surface area (Å²) in [6.45, 7) is 1.60. The molecule has 2 aromatic carbocycles. The number of rotatable bonds is 5. The fraction of sp³-hybridized carbons (Fsp3) is 0.238. The van der Waals surface area contributed by atoms with Crippen molar-refractivity contribution in [3.63, 3.8) is 0 Å². The number of fused-ring (bicyclic) bond motifs is 1. The summed E-state index contributed by atoms with van der Waals surface area (Å²) in [5.41, 5.74) is 0.588. The minimum absolute atomic E-state index is 0.000454. The van der Waals surface area contributed by atoms with Gasteiger partial charge in [-0.15, -0.1) is 11.3 Å². The molecule has 1 N–H and O–H groups in total. The van der Waals surface area contributed by atoms with E-state index in [0.29, 0.717) is 21.3 Å². The number of amides is 2. The number of halogens is 1. The number of carbonyl (C=O) groups is 2. The standard InChI is InChI=1S/C21H19ClN2O3S/c22-19-16-8-1-2-9-17(16)28-20(19)21(26)23-14-6-5-7-15(12-14)27-13-18(25)24-10-3-4-11-24/h1-2,5-9,12H,3-4,10-11,13H2,(H,23,26). The lowest BCUT2D eigenvalue weighted by molar-refractivity contribution is -0.132. The Labute approximate surface area is 171 Å². The first-order valence-corrected chi connectivity index (χ1v) is 10.3. The van der Waals surface area contributed by atoms with Gasteiger partial charge in [0.25, 0.3) is 11.8 Å².